The van der Waals surface area contributed by atoms with Gasteiger partial charge in [-0.25, -0.2) is 14.2 Å². The lowest BCUT2D eigenvalue weighted by Gasteiger charge is -2.42. The average Bonchev–Trinajstić information content (AvgIpc) is 3.53. The zero-order valence-corrected chi connectivity index (χ0v) is 23.3. The monoisotopic (exact) mass is 560 g/mol. The number of piperazine rings is 1. The van der Waals surface area contributed by atoms with Crippen LogP contribution in [0.4, 0.5) is 9.18 Å². The van der Waals surface area contributed by atoms with Gasteiger partial charge in [-0.15, -0.1) is 0 Å². The number of hydrazine groups is 1. The number of amides is 2. The van der Waals surface area contributed by atoms with Crippen molar-refractivity contribution >= 4 is 29.2 Å². The van der Waals surface area contributed by atoms with Crippen LogP contribution in [-0.4, -0.2) is 94.4 Å². The van der Waals surface area contributed by atoms with E-state index in [1.807, 2.05) is 25.8 Å². The number of aromatic hydroxyl groups is 1. The molecule has 11 heteroatoms. The van der Waals surface area contributed by atoms with Gasteiger partial charge in [0.1, 0.15) is 23.8 Å². The lowest BCUT2D eigenvalue weighted by atomic mass is 9.99. The topological polar surface area (TPSA) is 85.8 Å². The number of hydrogen-bond acceptors (Lipinski definition) is 7. The third kappa shape index (κ3) is 4.71. The smallest absolute Gasteiger partial charge is 0.410 e. The maximum atomic E-state index is 15.0. The molecule has 3 fully saturated rings. The molecule has 4 heterocycles. The van der Waals surface area contributed by atoms with E-state index in [4.69, 9.17) is 21.1 Å². The Morgan fingerprint density at radius 1 is 1.21 bits per heavy atom. The first-order chi connectivity index (χ1) is 18.5. The summed E-state index contributed by atoms with van der Waals surface area (Å²) in [5.41, 5.74) is 0.333. The van der Waals surface area contributed by atoms with E-state index in [1.165, 1.54) is 18.2 Å². The fourth-order valence-corrected chi connectivity index (χ4v) is 6.31. The number of nitrogens with zero attached hydrogens (tertiary/aromatic N) is 4. The Morgan fingerprint density at radius 3 is 2.64 bits per heavy atom. The van der Waals surface area contributed by atoms with Crippen LogP contribution in [0.15, 0.2) is 34.7 Å². The van der Waals surface area contributed by atoms with Crippen LogP contribution in [0.3, 0.4) is 0 Å². The van der Waals surface area contributed by atoms with Gasteiger partial charge in [0.15, 0.2) is 11.5 Å². The molecule has 39 heavy (non-hydrogen) atoms. The number of ether oxygens (including phenoxy) is 2. The number of halogens is 2. The van der Waals surface area contributed by atoms with E-state index in [1.54, 1.807) is 9.80 Å². The van der Waals surface area contributed by atoms with Crippen molar-refractivity contribution in [3.05, 3.63) is 46.1 Å². The Balaban J connectivity index is 1.36. The molecule has 4 aliphatic heterocycles. The molecule has 1 aromatic carbocycles. The molecule has 6 rings (SSSR count). The molecule has 210 valence electrons. The van der Waals surface area contributed by atoms with Gasteiger partial charge in [0, 0.05) is 38.3 Å². The molecule has 1 atom stereocenters. The van der Waals surface area contributed by atoms with Gasteiger partial charge in [-0.1, -0.05) is 17.7 Å². The predicted octanol–water partition coefficient (Wildman–Crippen LogP) is 3.89. The predicted molar refractivity (Wildman–Crippen MR) is 142 cm³/mol. The van der Waals surface area contributed by atoms with E-state index < -0.39 is 23.6 Å². The molecule has 0 unspecified atom stereocenters. The highest BCUT2D eigenvalue weighted by Crippen LogP contribution is 2.54. The summed E-state index contributed by atoms with van der Waals surface area (Å²) in [6.07, 6.45) is 2.90. The second kappa shape index (κ2) is 9.30. The first kappa shape index (κ1) is 26.3. The molecular formula is C28H34ClFN4O5. The summed E-state index contributed by atoms with van der Waals surface area (Å²) in [6, 6.07) is 3.73. The van der Waals surface area contributed by atoms with Crippen LogP contribution in [-0.2, 0) is 14.3 Å². The normalized spacial score (nSPS) is 25.0. The molecule has 0 bridgehead atoms. The number of phenolic OH excluding ortho intramolecular Hbond substituents is 1. The Kier molecular flexibility index (Phi) is 6.26. The van der Waals surface area contributed by atoms with Crippen molar-refractivity contribution in [2.24, 2.45) is 5.41 Å². The highest BCUT2D eigenvalue weighted by atomic mass is 35.5. The lowest BCUT2D eigenvalue weighted by Crippen LogP contribution is -2.59. The van der Waals surface area contributed by atoms with Crippen molar-refractivity contribution in [3.8, 4) is 5.75 Å². The van der Waals surface area contributed by atoms with E-state index in [2.05, 4.69) is 5.01 Å². The number of carbonyl (C=O) groups is 2. The molecule has 1 spiro atoms. The molecule has 1 aromatic rings. The largest absolute Gasteiger partial charge is 0.507 e. The Labute approximate surface area is 232 Å². The van der Waals surface area contributed by atoms with Gasteiger partial charge in [-0.2, -0.15) is 0 Å². The van der Waals surface area contributed by atoms with Gasteiger partial charge in [0.05, 0.1) is 23.2 Å². The van der Waals surface area contributed by atoms with Crippen LogP contribution >= 0.6 is 11.6 Å². The van der Waals surface area contributed by atoms with Crippen molar-refractivity contribution in [1.82, 2.24) is 19.8 Å². The maximum absolute atomic E-state index is 15.0. The number of carbonyl (C=O) groups excluding carboxylic acids is 2. The van der Waals surface area contributed by atoms with Gasteiger partial charge < -0.3 is 24.4 Å². The van der Waals surface area contributed by atoms with Crippen LogP contribution in [0.1, 0.15) is 45.6 Å². The van der Waals surface area contributed by atoms with E-state index in [9.17, 15) is 14.7 Å². The minimum Gasteiger partial charge on any atom is -0.507 e. The van der Waals surface area contributed by atoms with Crippen molar-refractivity contribution in [1.29, 1.82) is 0 Å². The van der Waals surface area contributed by atoms with Crippen molar-refractivity contribution in [3.63, 3.8) is 0 Å². The minimum absolute atomic E-state index is 0.00787. The second-order valence-corrected chi connectivity index (χ2v) is 12.6. The van der Waals surface area contributed by atoms with Gasteiger partial charge in [-0.3, -0.25) is 9.80 Å². The zero-order valence-electron chi connectivity index (χ0n) is 22.5. The Bertz CT molecular complexity index is 1270. The van der Waals surface area contributed by atoms with Crippen molar-refractivity contribution in [2.45, 2.75) is 51.7 Å². The number of benzene rings is 1. The summed E-state index contributed by atoms with van der Waals surface area (Å²) in [5, 5.41) is 14.7. The quantitative estimate of drug-likeness (QED) is 0.587. The number of allylic oxidation sites excluding steroid dienone is 1. The van der Waals surface area contributed by atoms with Gasteiger partial charge in [0.25, 0.3) is 5.91 Å². The summed E-state index contributed by atoms with van der Waals surface area (Å²) in [6.45, 7) is 8.15. The molecule has 0 aromatic heterocycles. The van der Waals surface area contributed by atoms with Crippen molar-refractivity contribution in [2.75, 3.05) is 45.9 Å². The average molecular weight is 561 g/mol. The van der Waals surface area contributed by atoms with Gasteiger partial charge >= 0.3 is 6.09 Å². The second-order valence-electron chi connectivity index (χ2n) is 12.2. The fraction of sp³-hybridized carbons (Fsp3) is 0.571. The van der Waals surface area contributed by atoms with E-state index in [0.29, 0.717) is 24.4 Å². The highest BCUT2D eigenvalue weighted by Gasteiger charge is 2.52. The summed E-state index contributed by atoms with van der Waals surface area (Å²) in [5.74, 6) is -0.876. The van der Waals surface area contributed by atoms with E-state index >= 15 is 4.39 Å². The van der Waals surface area contributed by atoms with Crippen LogP contribution in [0.25, 0.3) is 5.57 Å². The number of hydrogen-bond donors (Lipinski definition) is 1. The minimum atomic E-state index is -0.632. The lowest BCUT2D eigenvalue weighted by molar-refractivity contribution is -0.136. The first-order valence-electron chi connectivity index (χ1n) is 13.5. The standard InChI is InChI=1S/C28H34ClFN4O5/c1-27(2,3)39-26(37)31-11-12-33-17(13-31)15-38-24-22(29)18(21-19(30)5-4-6-20(21)35)14-34(23(24)25(33)36)32-10-9-28(16-32)7-8-28/h4-6,17,35H,7-16H2,1-3H3/t17-/m1/s1. The maximum Gasteiger partial charge on any atom is 0.410 e. The molecule has 1 N–H and O–H groups in total. The molecular weight excluding hydrogens is 527 g/mol. The molecule has 0 radical (unpaired) electrons. The number of fused-ring (bicyclic) bond motifs is 1. The Morgan fingerprint density at radius 2 is 1.97 bits per heavy atom. The molecule has 1 saturated carbocycles. The summed E-state index contributed by atoms with van der Waals surface area (Å²) >= 11 is 6.88. The van der Waals surface area contributed by atoms with Crippen LogP contribution in [0.2, 0.25) is 0 Å². The van der Waals surface area contributed by atoms with Crippen LogP contribution < -0.4 is 0 Å². The molecule has 2 amide bonds. The zero-order chi connectivity index (χ0) is 27.7. The van der Waals surface area contributed by atoms with E-state index in [0.717, 1.165) is 32.4 Å². The number of phenols is 1. The third-order valence-corrected chi connectivity index (χ3v) is 8.67. The SMILES string of the molecule is CC(C)(C)OC(=O)N1CCN2C(=O)C3=C(OC[C@H]2C1)C(Cl)=C(c1c(O)cccc1F)CN3N1CCC2(CC2)C1. The van der Waals surface area contributed by atoms with E-state index in [-0.39, 0.29) is 53.1 Å². The highest BCUT2D eigenvalue weighted by molar-refractivity contribution is 6.35. The molecule has 5 aliphatic rings. The summed E-state index contributed by atoms with van der Waals surface area (Å²) in [4.78, 5) is 30.3. The van der Waals surface area contributed by atoms with Crippen LogP contribution in [0.5, 0.6) is 5.75 Å². The number of rotatable bonds is 2. The van der Waals surface area contributed by atoms with Crippen molar-refractivity contribution < 1.29 is 28.6 Å². The van der Waals surface area contributed by atoms with Gasteiger partial charge in [-0.05, 0) is 57.6 Å². The van der Waals surface area contributed by atoms with Crippen LogP contribution in [0, 0.1) is 11.2 Å². The summed E-state index contributed by atoms with van der Waals surface area (Å²) < 4.78 is 26.8. The Hall–Kier alpha value is -2.98. The first-order valence-corrected chi connectivity index (χ1v) is 13.9. The van der Waals surface area contributed by atoms with Gasteiger partial charge in [0.2, 0.25) is 0 Å². The molecule has 1 aliphatic carbocycles. The fourth-order valence-electron chi connectivity index (χ4n) is 6.01. The summed E-state index contributed by atoms with van der Waals surface area (Å²) in [7, 11) is 0. The molecule has 9 nitrogen and oxygen atoms in total. The third-order valence-electron chi connectivity index (χ3n) is 8.27. The molecule has 2 saturated heterocycles.